The lowest BCUT2D eigenvalue weighted by molar-refractivity contribution is 0.143. The SMILES string of the molecule is NCCOCCNCCc1cscn1. The number of rotatable bonds is 8. The van der Waals surface area contributed by atoms with Crippen LogP contribution in [0.2, 0.25) is 0 Å². The Morgan fingerprint density at radius 1 is 1.43 bits per heavy atom. The van der Waals surface area contributed by atoms with Gasteiger partial charge in [0.2, 0.25) is 0 Å². The molecule has 0 saturated carbocycles. The predicted molar refractivity (Wildman–Crippen MR) is 58.6 cm³/mol. The predicted octanol–water partition coefficient (Wildman–Crippen LogP) is 0.251. The van der Waals surface area contributed by atoms with Crippen molar-refractivity contribution < 1.29 is 4.74 Å². The van der Waals surface area contributed by atoms with Crippen LogP contribution >= 0.6 is 11.3 Å². The number of aromatic nitrogens is 1. The molecule has 1 aromatic rings. The van der Waals surface area contributed by atoms with E-state index in [2.05, 4.69) is 15.7 Å². The summed E-state index contributed by atoms with van der Waals surface area (Å²) in [6.07, 6.45) is 0.986. The molecule has 0 fully saturated rings. The number of ether oxygens (including phenoxy) is 1. The van der Waals surface area contributed by atoms with Gasteiger partial charge < -0.3 is 15.8 Å². The Hall–Kier alpha value is -0.490. The third kappa shape index (κ3) is 5.29. The average Bonchev–Trinajstić information content (AvgIpc) is 2.69. The van der Waals surface area contributed by atoms with Crippen molar-refractivity contribution >= 4 is 11.3 Å². The van der Waals surface area contributed by atoms with Crippen molar-refractivity contribution in [2.24, 2.45) is 5.73 Å². The number of hydrogen-bond acceptors (Lipinski definition) is 5. The topological polar surface area (TPSA) is 60.2 Å². The largest absolute Gasteiger partial charge is 0.379 e. The zero-order valence-electron chi connectivity index (χ0n) is 8.24. The lowest BCUT2D eigenvalue weighted by Crippen LogP contribution is -2.23. The van der Waals surface area contributed by atoms with E-state index in [1.54, 1.807) is 11.3 Å². The van der Waals surface area contributed by atoms with Crippen molar-refractivity contribution in [3.8, 4) is 0 Å². The minimum absolute atomic E-state index is 0.596. The molecule has 0 spiro atoms. The van der Waals surface area contributed by atoms with Crippen molar-refractivity contribution in [3.63, 3.8) is 0 Å². The van der Waals surface area contributed by atoms with E-state index < -0.39 is 0 Å². The summed E-state index contributed by atoms with van der Waals surface area (Å²) in [5.74, 6) is 0. The Bertz CT molecular complexity index is 216. The second kappa shape index (κ2) is 7.87. The molecule has 0 saturated heterocycles. The van der Waals surface area contributed by atoms with Gasteiger partial charge in [0.1, 0.15) is 0 Å². The highest BCUT2D eigenvalue weighted by atomic mass is 32.1. The van der Waals surface area contributed by atoms with Crippen molar-refractivity contribution in [3.05, 3.63) is 16.6 Å². The van der Waals surface area contributed by atoms with Gasteiger partial charge in [0, 0.05) is 31.4 Å². The Morgan fingerprint density at radius 2 is 2.36 bits per heavy atom. The molecular formula is C9H17N3OS. The Labute approximate surface area is 88.5 Å². The second-order valence-corrected chi connectivity index (χ2v) is 3.60. The van der Waals surface area contributed by atoms with Crippen LogP contribution in [0.25, 0.3) is 0 Å². The quantitative estimate of drug-likeness (QED) is 0.610. The number of nitrogens with two attached hydrogens (primary N) is 1. The first-order valence-electron chi connectivity index (χ1n) is 4.79. The van der Waals surface area contributed by atoms with Crippen LogP contribution in [-0.2, 0) is 11.2 Å². The monoisotopic (exact) mass is 215 g/mol. The van der Waals surface area contributed by atoms with E-state index in [0.717, 1.165) is 31.8 Å². The normalized spacial score (nSPS) is 10.6. The van der Waals surface area contributed by atoms with Crippen LogP contribution in [0.15, 0.2) is 10.9 Å². The third-order valence-corrected chi connectivity index (χ3v) is 2.36. The third-order valence-electron chi connectivity index (χ3n) is 1.73. The first-order chi connectivity index (χ1) is 6.93. The van der Waals surface area contributed by atoms with Crippen molar-refractivity contribution in [2.75, 3.05) is 32.8 Å². The van der Waals surface area contributed by atoms with Crippen LogP contribution in [0.1, 0.15) is 5.69 Å². The van der Waals surface area contributed by atoms with Gasteiger partial charge in [0.15, 0.2) is 0 Å². The number of thiazole rings is 1. The first kappa shape index (κ1) is 11.6. The van der Waals surface area contributed by atoms with Crippen LogP contribution in [0.3, 0.4) is 0 Å². The Kier molecular flexibility index (Phi) is 6.51. The van der Waals surface area contributed by atoms with Gasteiger partial charge in [-0.25, -0.2) is 4.98 Å². The number of nitrogens with one attached hydrogen (secondary N) is 1. The average molecular weight is 215 g/mol. The maximum Gasteiger partial charge on any atom is 0.0794 e. The zero-order chi connectivity index (χ0) is 10.1. The molecule has 5 heteroatoms. The lowest BCUT2D eigenvalue weighted by Gasteiger charge is -2.03. The molecule has 0 amide bonds. The van der Waals surface area contributed by atoms with Gasteiger partial charge >= 0.3 is 0 Å². The summed E-state index contributed by atoms with van der Waals surface area (Å²) in [4.78, 5) is 4.19. The smallest absolute Gasteiger partial charge is 0.0794 e. The van der Waals surface area contributed by atoms with E-state index in [9.17, 15) is 0 Å². The van der Waals surface area contributed by atoms with Crippen molar-refractivity contribution in [1.29, 1.82) is 0 Å². The summed E-state index contributed by atoms with van der Waals surface area (Å²) >= 11 is 1.64. The van der Waals surface area contributed by atoms with Gasteiger partial charge in [-0.3, -0.25) is 0 Å². The molecule has 0 aliphatic rings. The highest BCUT2D eigenvalue weighted by Crippen LogP contribution is 2.00. The first-order valence-corrected chi connectivity index (χ1v) is 5.73. The summed E-state index contributed by atoms with van der Waals surface area (Å²) in [7, 11) is 0. The number of nitrogens with zero attached hydrogens (tertiary/aromatic N) is 1. The summed E-state index contributed by atoms with van der Waals surface area (Å²) in [5.41, 5.74) is 8.30. The van der Waals surface area contributed by atoms with Crippen molar-refractivity contribution in [2.45, 2.75) is 6.42 Å². The van der Waals surface area contributed by atoms with Crippen LogP contribution in [0.5, 0.6) is 0 Å². The molecule has 0 aliphatic heterocycles. The van der Waals surface area contributed by atoms with Crippen LogP contribution in [0, 0.1) is 0 Å². The van der Waals surface area contributed by atoms with Crippen LogP contribution in [-0.4, -0.2) is 37.8 Å². The van der Waals surface area contributed by atoms with Crippen molar-refractivity contribution in [1.82, 2.24) is 10.3 Å². The highest BCUT2D eigenvalue weighted by molar-refractivity contribution is 7.07. The maximum absolute atomic E-state index is 5.28. The fraction of sp³-hybridized carbons (Fsp3) is 0.667. The second-order valence-electron chi connectivity index (χ2n) is 2.88. The summed E-state index contributed by atoms with van der Waals surface area (Å²) in [6.45, 7) is 3.81. The molecule has 1 aromatic heterocycles. The Morgan fingerprint density at radius 3 is 3.07 bits per heavy atom. The standard InChI is InChI=1S/C9H17N3OS/c10-2-5-13-6-4-11-3-1-9-7-14-8-12-9/h7-8,11H,1-6,10H2. The molecule has 0 radical (unpaired) electrons. The van der Waals surface area contributed by atoms with E-state index in [4.69, 9.17) is 10.5 Å². The Balaban J connectivity index is 1.85. The molecular weight excluding hydrogens is 198 g/mol. The molecule has 0 bridgehead atoms. The molecule has 1 heterocycles. The van der Waals surface area contributed by atoms with Gasteiger partial charge in [-0.05, 0) is 0 Å². The minimum atomic E-state index is 0.596. The maximum atomic E-state index is 5.28. The van der Waals surface area contributed by atoms with Crippen LogP contribution in [0.4, 0.5) is 0 Å². The molecule has 1 rings (SSSR count). The van der Waals surface area contributed by atoms with Gasteiger partial charge in [0.25, 0.3) is 0 Å². The molecule has 14 heavy (non-hydrogen) atoms. The van der Waals surface area contributed by atoms with E-state index in [1.807, 2.05) is 5.51 Å². The van der Waals surface area contributed by atoms with Gasteiger partial charge in [-0.1, -0.05) is 0 Å². The van der Waals surface area contributed by atoms with E-state index >= 15 is 0 Å². The molecule has 0 aliphatic carbocycles. The molecule has 80 valence electrons. The van der Waals surface area contributed by atoms with Gasteiger partial charge in [-0.15, -0.1) is 11.3 Å². The fourth-order valence-electron chi connectivity index (χ4n) is 1.03. The summed E-state index contributed by atoms with van der Waals surface area (Å²) in [6, 6.07) is 0. The molecule has 0 atom stereocenters. The summed E-state index contributed by atoms with van der Waals surface area (Å²) < 4.78 is 5.22. The molecule has 0 aromatic carbocycles. The zero-order valence-corrected chi connectivity index (χ0v) is 9.05. The molecule has 0 unspecified atom stereocenters. The lowest BCUT2D eigenvalue weighted by atomic mass is 10.3. The fourth-order valence-corrected chi connectivity index (χ4v) is 1.63. The minimum Gasteiger partial charge on any atom is -0.379 e. The summed E-state index contributed by atoms with van der Waals surface area (Å²) in [5, 5.41) is 5.36. The van der Waals surface area contributed by atoms with Gasteiger partial charge in [-0.2, -0.15) is 0 Å². The van der Waals surface area contributed by atoms with Crippen LogP contribution < -0.4 is 11.1 Å². The molecule has 3 N–H and O–H groups in total. The van der Waals surface area contributed by atoms with E-state index in [0.29, 0.717) is 13.2 Å². The van der Waals surface area contributed by atoms with E-state index in [1.165, 1.54) is 0 Å². The molecule has 4 nitrogen and oxygen atoms in total. The van der Waals surface area contributed by atoms with E-state index in [-0.39, 0.29) is 0 Å². The number of hydrogen-bond donors (Lipinski definition) is 2. The highest BCUT2D eigenvalue weighted by Gasteiger charge is 1.93. The van der Waals surface area contributed by atoms with Gasteiger partial charge in [0.05, 0.1) is 24.4 Å².